The van der Waals surface area contributed by atoms with Gasteiger partial charge in [-0.15, -0.1) is 0 Å². The third-order valence-corrected chi connectivity index (χ3v) is 5.65. The molecule has 2 aromatic carbocycles. The Morgan fingerprint density at radius 1 is 1.00 bits per heavy atom. The minimum Gasteiger partial charge on any atom is -0.478 e. The molecule has 0 radical (unpaired) electrons. The summed E-state index contributed by atoms with van der Waals surface area (Å²) in [7, 11) is 1.50. The molecule has 190 valence electrons. The number of carboxylic acids is 1. The van der Waals surface area contributed by atoms with Gasteiger partial charge in [-0.3, -0.25) is 15.7 Å². The molecule has 2 aliphatic rings. The normalized spacial score (nSPS) is 16.2. The smallest absolute Gasteiger partial charge is 0.337 e. The van der Waals surface area contributed by atoms with Crippen LogP contribution in [0, 0.1) is 34.1 Å². The van der Waals surface area contributed by atoms with Crippen LogP contribution in [0.25, 0.3) is 16.7 Å². The molecule has 0 unspecified atom stereocenters. The number of hydrogen-bond acceptors (Lipinski definition) is 6. The van der Waals surface area contributed by atoms with Crippen molar-refractivity contribution in [1.82, 2.24) is 4.90 Å². The van der Waals surface area contributed by atoms with Gasteiger partial charge < -0.3 is 15.6 Å². The number of halogens is 4. The number of aliphatic carboxylic acids is 1. The second-order valence-electron chi connectivity index (χ2n) is 7.85. The topological polar surface area (TPSA) is 123 Å². The van der Waals surface area contributed by atoms with Crippen LogP contribution in [0.4, 0.5) is 17.6 Å². The first-order valence-electron chi connectivity index (χ1n) is 10.9. The molecule has 1 fully saturated rings. The molecule has 0 atom stereocenters. The van der Waals surface area contributed by atoms with Crippen LogP contribution in [0.1, 0.15) is 11.1 Å². The van der Waals surface area contributed by atoms with E-state index in [-0.39, 0.29) is 5.56 Å². The van der Waals surface area contributed by atoms with Crippen LogP contribution < -0.4 is 5.73 Å². The second-order valence-corrected chi connectivity index (χ2v) is 7.85. The lowest BCUT2D eigenvalue weighted by molar-refractivity contribution is -0.132. The molecule has 2 aromatic rings. The first-order valence-corrected chi connectivity index (χ1v) is 10.9. The Hall–Kier alpha value is -3.67. The van der Waals surface area contributed by atoms with Crippen molar-refractivity contribution < 1.29 is 32.2 Å². The fourth-order valence-corrected chi connectivity index (χ4v) is 3.94. The van der Waals surface area contributed by atoms with Gasteiger partial charge in [0, 0.05) is 19.6 Å². The number of carboxylic acid groups (broad SMARTS) is 1. The van der Waals surface area contributed by atoms with E-state index in [1.165, 1.54) is 25.2 Å². The van der Waals surface area contributed by atoms with Crippen molar-refractivity contribution in [2.24, 2.45) is 5.73 Å². The number of ether oxygens (including phenoxy) is 1. The van der Waals surface area contributed by atoms with E-state index in [1.54, 1.807) is 6.07 Å². The zero-order chi connectivity index (χ0) is 26.6. The predicted octanol–water partition coefficient (Wildman–Crippen LogP) is 3.76. The SMILES string of the molecule is CN.N=C1C=C(c2c(F)c(F)c(-c3cccc(CN4CCOCC4)c3)c(F)c2F)C=C(C(=O)O)C1=N. The van der Waals surface area contributed by atoms with E-state index in [2.05, 4.69) is 10.6 Å². The molecule has 7 nitrogen and oxygen atoms in total. The van der Waals surface area contributed by atoms with Crippen molar-refractivity contribution >= 4 is 23.0 Å². The Morgan fingerprint density at radius 3 is 2.17 bits per heavy atom. The summed E-state index contributed by atoms with van der Waals surface area (Å²) in [6.07, 6.45) is 1.50. The van der Waals surface area contributed by atoms with Crippen molar-refractivity contribution in [3.8, 4) is 11.1 Å². The van der Waals surface area contributed by atoms with Gasteiger partial charge in [-0.25, -0.2) is 22.4 Å². The van der Waals surface area contributed by atoms with Crippen LogP contribution in [-0.4, -0.2) is 60.8 Å². The monoisotopic (exact) mass is 504 g/mol. The van der Waals surface area contributed by atoms with Gasteiger partial charge in [-0.1, -0.05) is 18.2 Å². The summed E-state index contributed by atoms with van der Waals surface area (Å²) in [6.45, 7) is 2.95. The highest BCUT2D eigenvalue weighted by atomic mass is 19.2. The lowest BCUT2D eigenvalue weighted by Gasteiger charge is -2.26. The van der Waals surface area contributed by atoms with E-state index in [4.69, 9.17) is 15.6 Å². The Labute approximate surface area is 204 Å². The van der Waals surface area contributed by atoms with Crippen LogP contribution in [0.5, 0.6) is 0 Å². The average molecular weight is 504 g/mol. The summed E-state index contributed by atoms with van der Waals surface area (Å²) in [5.74, 6) is -8.34. The van der Waals surface area contributed by atoms with Crippen LogP contribution in [0.3, 0.4) is 0 Å². The van der Waals surface area contributed by atoms with Crippen molar-refractivity contribution in [2.45, 2.75) is 6.54 Å². The lowest BCUT2D eigenvalue weighted by atomic mass is 9.89. The molecule has 1 aliphatic heterocycles. The molecule has 1 heterocycles. The minimum absolute atomic E-state index is 0.0565. The zero-order valence-electron chi connectivity index (χ0n) is 19.3. The van der Waals surface area contributed by atoms with Crippen LogP contribution in [0.15, 0.2) is 42.0 Å². The maximum absolute atomic E-state index is 15.1. The number of nitrogens with two attached hydrogens (primary N) is 1. The van der Waals surface area contributed by atoms with Gasteiger partial charge in [0.05, 0.1) is 41.3 Å². The molecular weight excluding hydrogens is 480 g/mol. The highest BCUT2D eigenvalue weighted by Gasteiger charge is 2.31. The van der Waals surface area contributed by atoms with Crippen molar-refractivity contribution in [2.75, 3.05) is 33.4 Å². The van der Waals surface area contributed by atoms with Crippen LogP contribution in [-0.2, 0) is 16.1 Å². The first kappa shape index (κ1) is 26.9. The quantitative estimate of drug-likeness (QED) is 0.281. The largest absolute Gasteiger partial charge is 0.478 e. The Bertz CT molecular complexity index is 1260. The van der Waals surface area contributed by atoms with Gasteiger partial charge in [-0.2, -0.15) is 0 Å². The van der Waals surface area contributed by atoms with Crippen molar-refractivity contribution in [3.63, 3.8) is 0 Å². The summed E-state index contributed by atoms with van der Waals surface area (Å²) in [5, 5.41) is 24.5. The van der Waals surface area contributed by atoms with E-state index in [1.807, 2.05) is 0 Å². The maximum atomic E-state index is 15.1. The van der Waals surface area contributed by atoms with Crippen LogP contribution in [0.2, 0.25) is 0 Å². The van der Waals surface area contributed by atoms with Gasteiger partial charge in [0.2, 0.25) is 0 Å². The van der Waals surface area contributed by atoms with Gasteiger partial charge in [0.1, 0.15) is 0 Å². The number of nitrogens with one attached hydrogen (secondary N) is 2. The highest BCUT2D eigenvalue weighted by Crippen LogP contribution is 2.37. The summed E-state index contributed by atoms with van der Waals surface area (Å²) in [5.41, 5.74) is 0.489. The Morgan fingerprint density at radius 2 is 1.58 bits per heavy atom. The van der Waals surface area contributed by atoms with Gasteiger partial charge in [-0.05, 0) is 42.0 Å². The second kappa shape index (κ2) is 11.4. The van der Waals surface area contributed by atoms with Crippen molar-refractivity contribution in [3.05, 3.63) is 76.4 Å². The van der Waals surface area contributed by atoms with Gasteiger partial charge >= 0.3 is 5.97 Å². The number of carbonyl (C=O) groups is 1. The third-order valence-electron chi connectivity index (χ3n) is 5.65. The number of morpholine rings is 1. The molecule has 36 heavy (non-hydrogen) atoms. The summed E-state index contributed by atoms with van der Waals surface area (Å²) < 4.78 is 65.6. The molecule has 4 rings (SSSR count). The van der Waals surface area contributed by atoms with Crippen molar-refractivity contribution in [1.29, 1.82) is 10.8 Å². The molecule has 0 spiro atoms. The van der Waals surface area contributed by atoms with E-state index in [0.29, 0.717) is 44.5 Å². The van der Waals surface area contributed by atoms with Gasteiger partial charge in [0.25, 0.3) is 0 Å². The number of rotatable bonds is 5. The van der Waals surface area contributed by atoms with E-state index >= 15 is 17.6 Å². The average Bonchev–Trinajstić information content (AvgIpc) is 2.87. The minimum atomic E-state index is -1.72. The van der Waals surface area contributed by atoms with E-state index < -0.39 is 62.9 Å². The predicted molar refractivity (Wildman–Crippen MR) is 127 cm³/mol. The van der Waals surface area contributed by atoms with E-state index in [0.717, 1.165) is 6.08 Å². The summed E-state index contributed by atoms with van der Waals surface area (Å²) in [6, 6.07) is 6.06. The molecule has 0 bridgehead atoms. The molecule has 0 aromatic heterocycles. The summed E-state index contributed by atoms with van der Waals surface area (Å²) >= 11 is 0. The zero-order valence-corrected chi connectivity index (χ0v) is 19.3. The fraction of sp³-hybridized carbons (Fsp3) is 0.240. The van der Waals surface area contributed by atoms with E-state index in [9.17, 15) is 9.90 Å². The lowest BCUT2D eigenvalue weighted by Crippen LogP contribution is -2.35. The Kier molecular flexibility index (Phi) is 8.51. The number of hydrogen-bond donors (Lipinski definition) is 4. The molecule has 5 N–H and O–H groups in total. The third kappa shape index (κ3) is 5.27. The summed E-state index contributed by atoms with van der Waals surface area (Å²) in [4.78, 5) is 13.4. The Balaban J connectivity index is 0.00000176. The van der Waals surface area contributed by atoms with Gasteiger partial charge in [0.15, 0.2) is 23.3 Å². The highest BCUT2D eigenvalue weighted by molar-refractivity contribution is 6.56. The first-order chi connectivity index (χ1) is 17.2. The number of nitrogens with zero attached hydrogens (tertiary/aromatic N) is 1. The maximum Gasteiger partial charge on any atom is 0.337 e. The van der Waals surface area contributed by atoms with Crippen LogP contribution >= 0.6 is 0 Å². The number of allylic oxidation sites excluding steroid dienone is 3. The number of benzene rings is 2. The molecule has 0 saturated carbocycles. The molecule has 11 heteroatoms. The molecule has 1 aliphatic carbocycles. The molecule has 0 amide bonds. The standard InChI is InChI=1S/C24H19F4N3O3.CH5N/c25-19-17(13-3-1-2-12(8-13)11-31-4-6-34-7-5-31)20(26)22(28)18(21(19)27)14-9-15(24(32)33)23(30)16(29)10-14;1-2/h1-3,8-10,29-30H,4-7,11H2,(H,32,33);2H2,1H3. The molecular formula is C25H24F4N4O3. The fourth-order valence-electron chi connectivity index (χ4n) is 3.94. The molecule has 1 saturated heterocycles.